The molecule has 0 fully saturated rings. The number of hydrogen-bond acceptors (Lipinski definition) is 5. The van der Waals surface area contributed by atoms with E-state index in [1.54, 1.807) is 31.2 Å². The van der Waals surface area contributed by atoms with Crippen LogP contribution < -0.4 is 9.62 Å². The number of para-hydroxylation sites is 1. The van der Waals surface area contributed by atoms with E-state index in [-0.39, 0.29) is 10.8 Å². The van der Waals surface area contributed by atoms with Crippen molar-refractivity contribution < 1.29 is 13.2 Å². The van der Waals surface area contributed by atoms with Crippen molar-refractivity contribution in [3.8, 4) is 11.3 Å². The number of thiazole rings is 1. The molecular formula is C26H25N3O3S2. The molecule has 1 aromatic heterocycles. The van der Waals surface area contributed by atoms with Crippen LogP contribution in [0.4, 0.5) is 10.8 Å². The lowest BCUT2D eigenvalue weighted by Crippen LogP contribution is -2.30. The van der Waals surface area contributed by atoms with E-state index in [2.05, 4.69) is 28.5 Å². The molecule has 0 aliphatic heterocycles. The minimum Gasteiger partial charge on any atom is -0.298 e. The number of sulfonamides is 1. The molecule has 4 aromatic rings. The Morgan fingerprint density at radius 2 is 1.71 bits per heavy atom. The summed E-state index contributed by atoms with van der Waals surface area (Å²) in [5.74, 6) is -0.346. The molecule has 34 heavy (non-hydrogen) atoms. The molecule has 6 nitrogen and oxygen atoms in total. The molecule has 0 aliphatic carbocycles. The van der Waals surface area contributed by atoms with Gasteiger partial charge in [0.15, 0.2) is 5.13 Å². The summed E-state index contributed by atoms with van der Waals surface area (Å²) in [6.07, 6.45) is 0. The predicted molar refractivity (Wildman–Crippen MR) is 138 cm³/mol. The van der Waals surface area contributed by atoms with Gasteiger partial charge in [-0.1, -0.05) is 35.9 Å². The maximum absolute atomic E-state index is 13.1. The van der Waals surface area contributed by atoms with E-state index in [0.717, 1.165) is 22.4 Å². The lowest BCUT2D eigenvalue weighted by atomic mass is 10.0. The number of carbonyl (C=O) groups excluding carboxylic acids is 1. The first-order chi connectivity index (χ1) is 16.3. The summed E-state index contributed by atoms with van der Waals surface area (Å²) >= 11 is 1.35. The Labute approximate surface area is 204 Å². The molecule has 4 rings (SSSR count). The Morgan fingerprint density at radius 1 is 1.00 bits per heavy atom. The second-order valence-corrected chi connectivity index (χ2v) is 10.6. The molecule has 1 amide bonds. The number of benzene rings is 3. The van der Waals surface area contributed by atoms with E-state index in [1.807, 2.05) is 25.3 Å². The minimum atomic E-state index is -3.75. The summed E-state index contributed by atoms with van der Waals surface area (Å²) in [5.41, 5.74) is 5.04. The quantitative estimate of drug-likeness (QED) is 0.349. The Balaban J connectivity index is 1.51. The molecule has 0 atom stereocenters. The van der Waals surface area contributed by atoms with E-state index < -0.39 is 10.0 Å². The van der Waals surface area contributed by atoms with Crippen LogP contribution in [0.5, 0.6) is 0 Å². The van der Waals surface area contributed by atoms with E-state index in [9.17, 15) is 13.2 Å². The van der Waals surface area contributed by atoms with Crippen LogP contribution >= 0.6 is 11.3 Å². The summed E-state index contributed by atoms with van der Waals surface area (Å²) in [6.45, 7) is 6.13. The van der Waals surface area contributed by atoms with Gasteiger partial charge in [0.05, 0.1) is 16.3 Å². The lowest BCUT2D eigenvalue weighted by Gasteiger charge is -2.22. The number of nitrogens with one attached hydrogen (secondary N) is 1. The highest BCUT2D eigenvalue weighted by molar-refractivity contribution is 7.92. The third-order valence-electron chi connectivity index (χ3n) is 5.43. The van der Waals surface area contributed by atoms with Crippen LogP contribution in [0, 0.1) is 13.8 Å². The van der Waals surface area contributed by atoms with Gasteiger partial charge in [-0.05, 0) is 68.8 Å². The molecule has 0 bridgehead atoms. The minimum absolute atomic E-state index is 0.126. The Bertz CT molecular complexity index is 1410. The smallest absolute Gasteiger partial charge is 0.264 e. The summed E-state index contributed by atoms with van der Waals surface area (Å²) in [7, 11) is -3.75. The third kappa shape index (κ3) is 4.88. The summed E-state index contributed by atoms with van der Waals surface area (Å²) < 4.78 is 27.6. The zero-order valence-corrected chi connectivity index (χ0v) is 20.8. The van der Waals surface area contributed by atoms with Gasteiger partial charge in [0.1, 0.15) is 0 Å². The molecule has 1 heterocycles. The van der Waals surface area contributed by atoms with E-state index in [1.165, 1.54) is 39.9 Å². The van der Waals surface area contributed by atoms with Gasteiger partial charge in [-0.3, -0.25) is 14.4 Å². The molecule has 3 aromatic carbocycles. The van der Waals surface area contributed by atoms with Crippen molar-refractivity contribution in [1.82, 2.24) is 4.98 Å². The first-order valence-electron chi connectivity index (χ1n) is 10.8. The number of rotatable bonds is 7. The van der Waals surface area contributed by atoms with Crippen LogP contribution in [-0.2, 0) is 10.0 Å². The molecule has 174 valence electrons. The van der Waals surface area contributed by atoms with E-state index >= 15 is 0 Å². The Morgan fingerprint density at radius 3 is 2.38 bits per heavy atom. The number of aryl methyl sites for hydroxylation is 2. The summed E-state index contributed by atoms with van der Waals surface area (Å²) in [4.78, 5) is 17.4. The van der Waals surface area contributed by atoms with Crippen molar-refractivity contribution in [1.29, 1.82) is 0 Å². The number of aromatic nitrogens is 1. The second kappa shape index (κ2) is 9.79. The monoisotopic (exact) mass is 491 g/mol. The molecule has 0 unspecified atom stereocenters. The van der Waals surface area contributed by atoms with Crippen LogP contribution in [0.15, 0.2) is 83.1 Å². The Hall–Kier alpha value is -3.49. The summed E-state index contributed by atoms with van der Waals surface area (Å²) in [6, 6.07) is 21.1. The van der Waals surface area contributed by atoms with Crippen LogP contribution in [0.1, 0.15) is 28.4 Å². The highest BCUT2D eigenvalue weighted by Crippen LogP contribution is 2.29. The standard InChI is InChI=1S/C26H25N3O3S2/c1-4-29(21-8-6-5-7-9-21)34(31,32)22-14-12-20(13-15-22)25(30)28-26-27-24(17-33-26)23-16-18(2)10-11-19(23)3/h5-17H,4H2,1-3H3,(H,27,28,30). The van der Waals surface area contributed by atoms with Crippen LogP contribution in [-0.4, -0.2) is 25.9 Å². The number of anilines is 2. The SMILES string of the molecule is CCN(c1ccccc1)S(=O)(=O)c1ccc(C(=O)Nc2nc(-c3cc(C)ccc3C)cs2)cc1. The number of carbonyl (C=O) groups is 1. The molecule has 1 N–H and O–H groups in total. The molecule has 0 saturated heterocycles. The fourth-order valence-electron chi connectivity index (χ4n) is 3.63. The van der Waals surface area contributed by atoms with Crippen molar-refractivity contribution in [2.75, 3.05) is 16.2 Å². The first-order valence-corrected chi connectivity index (χ1v) is 13.1. The van der Waals surface area contributed by atoms with Crippen LogP contribution in [0.25, 0.3) is 11.3 Å². The van der Waals surface area contributed by atoms with Crippen molar-refractivity contribution >= 4 is 38.1 Å². The molecule has 0 saturated carbocycles. The topological polar surface area (TPSA) is 79.4 Å². The highest BCUT2D eigenvalue weighted by Gasteiger charge is 2.23. The van der Waals surface area contributed by atoms with Gasteiger partial charge in [0, 0.05) is 23.1 Å². The van der Waals surface area contributed by atoms with Gasteiger partial charge in [-0.25, -0.2) is 13.4 Å². The fourth-order valence-corrected chi connectivity index (χ4v) is 5.81. The molecule has 0 spiro atoms. The van der Waals surface area contributed by atoms with Crippen LogP contribution in [0.3, 0.4) is 0 Å². The molecular weight excluding hydrogens is 466 g/mol. The van der Waals surface area contributed by atoms with Crippen molar-refractivity contribution in [3.05, 3.63) is 94.9 Å². The van der Waals surface area contributed by atoms with Gasteiger partial charge in [0.2, 0.25) is 0 Å². The maximum atomic E-state index is 13.1. The zero-order valence-electron chi connectivity index (χ0n) is 19.1. The lowest BCUT2D eigenvalue weighted by molar-refractivity contribution is 0.102. The predicted octanol–water partition coefficient (Wildman–Crippen LogP) is 5.89. The van der Waals surface area contributed by atoms with Gasteiger partial charge < -0.3 is 0 Å². The normalized spacial score (nSPS) is 11.3. The van der Waals surface area contributed by atoms with Crippen molar-refractivity contribution in [2.45, 2.75) is 25.7 Å². The number of amides is 1. The van der Waals surface area contributed by atoms with Gasteiger partial charge in [-0.2, -0.15) is 0 Å². The average molecular weight is 492 g/mol. The van der Waals surface area contributed by atoms with Gasteiger partial charge >= 0.3 is 0 Å². The Kier molecular flexibility index (Phi) is 6.81. The summed E-state index contributed by atoms with van der Waals surface area (Å²) in [5, 5.41) is 5.21. The first kappa shape index (κ1) is 23.7. The fraction of sp³-hybridized carbons (Fsp3) is 0.154. The van der Waals surface area contributed by atoms with Crippen molar-refractivity contribution in [2.24, 2.45) is 0 Å². The number of nitrogens with zero attached hydrogens (tertiary/aromatic N) is 2. The second-order valence-electron chi connectivity index (χ2n) is 7.84. The van der Waals surface area contributed by atoms with Crippen molar-refractivity contribution in [3.63, 3.8) is 0 Å². The zero-order chi connectivity index (χ0) is 24.3. The molecule has 8 heteroatoms. The van der Waals surface area contributed by atoms with E-state index in [4.69, 9.17) is 0 Å². The average Bonchev–Trinajstić information content (AvgIpc) is 3.30. The number of hydrogen-bond donors (Lipinski definition) is 1. The maximum Gasteiger partial charge on any atom is 0.264 e. The van der Waals surface area contributed by atoms with Crippen LogP contribution in [0.2, 0.25) is 0 Å². The third-order valence-corrected chi connectivity index (χ3v) is 8.10. The molecule has 0 aliphatic rings. The van der Waals surface area contributed by atoms with E-state index in [0.29, 0.717) is 22.9 Å². The highest BCUT2D eigenvalue weighted by atomic mass is 32.2. The largest absolute Gasteiger partial charge is 0.298 e. The van der Waals surface area contributed by atoms with Gasteiger partial charge in [0.25, 0.3) is 15.9 Å². The van der Waals surface area contributed by atoms with Gasteiger partial charge in [-0.15, -0.1) is 11.3 Å². The molecule has 0 radical (unpaired) electrons.